The molecule has 0 aromatic heterocycles. The van der Waals surface area contributed by atoms with E-state index in [0.29, 0.717) is 5.92 Å². The van der Waals surface area contributed by atoms with E-state index >= 15 is 0 Å². The quantitative estimate of drug-likeness (QED) is 0.604. The molecule has 0 amide bonds. The molecule has 132 valence electrons. The van der Waals surface area contributed by atoms with Gasteiger partial charge in [-0.1, -0.05) is 76.1 Å². The third-order valence-corrected chi connectivity index (χ3v) is 3.28. The van der Waals surface area contributed by atoms with Crippen LogP contribution in [0.15, 0.2) is 49.1 Å². The van der Waals surface area contributed by atoms with Gasteiger partial charge < -0.3 is 5.11 Å². The van der Waals surface area contributed by atoms with Crippen molar-refractivity contribution in [1.29, 1.82) is 0 Å². The minimum Gasteiger partial charge on any atom is -0.397 e. The first-order valence-corrected chi connectivity index (χ1v) is 8.80. The topological polar surface area (TPSA) is 20.2 Å². The van der Waals surface area contributed by atoms with Gasteiger partial charge in [0.2, 0.25) is 0 Å². The van der Waals surface area contributed by atoms with Crippen LogP contribution < -0.4 is 0 Å². The number of aliphatic hydroxyl groups excluding tert-OH is 1. The Morgan fingerprint density at radius 3 is 2.09 bits per heavy atom. The number of allylic oxidation sites excluding steroid dienone is 3. The molecule has 1 aliphatic rings. The predicted octanol–water partition coefficient (Wildman–Crippen LogP) is 6.65. The van der Waals surface area contributed by atoms with E-state index in [1.54, 1.807) is 25.1 Å². The fraction of sp³-hybridized carbons (Fsp3) is 0.524. The molecule has 0 bridgehead atoms. The zero-order valence-electron chi connectivity index (χ0n) is 15.4. The maximum atomic E-state index is 13.4. The maximum Gasteiger partial charge on any atom is 0.126 e. The summed E-state index contributed by atoms with van der Waals surface area (Å²) in [5.41, 5.74) is 0.933. The molecule has 1 aliphatic carbocycles. The molecule has 2 heteroatoms. The lowest BCUT2D eigenvalue weighted by molar-refractivity contribution is 0.318. The molecule has 0 spiro atoms. The van der Waals surface area contributed by atoms with Crippen molar-refractivity contribution in [2.75, 3.05) is 6.61 Å². The van der Waals surface area contributed by atoms with E-state index in [1.807, 2.05) is 45.1 Å². The third-order valence-electron chi connectivity index (χ3n) is 3.28. The summed E-state index contributed by atoms with van der Waals surface area (Å²) in [5, 5.41) is 7.57. The fourth-order valence-electron chi connectivity index (χ4n) is 2.36. The standard InChI is InChI=1S/C12H15F.C5H8.C2H6O.C2H6/c13-12-9-5-4-8-11(12)10-6-2-1-3-7-10;1-3-5-4-2;1-2-3;1-2/h4-5,8-10H,1-3,6-7H2;3-5H,1H2,2H3;3H,2H2,1H3;1-2H3/b;5-4-;;. The van der Waals surface area contributed by atoms with Crippen molar-refractivity contribution in [3.8, 4) is 0 Å². The molecule has 1 N–H and O–H groups in total. The average molecular weight is 323 g/mol. The lowest BCUT2D eigenvalue weighted by Crippen LogP contribution is -2.06. The van der Waals surface area contributed by atoms with Gasteiger partial charge in [0.15, 0.2) is 0 Å². The predicted molar refractivity (Wildman–Crippen MR) is 101 cm³/mol. The van der Waals surface area contributed by atoms with Gasteiger partial charge in [-0.15, -0.1) is 0 Å². The van der Waals surface area contributed by atoms with E-state index < -0.39 is 0 Å². The normalized spacial score (nSPS) is 13.7. The lowest BCUT2D eigenvalue weighted by Gasteiger charge is -2.22. The molecule has 0 aliphatic heterocycles. The Balaban J connectivity index is 0. The van der Waals surface area contributed by atoms with E-state index in [0.717, 1.165) is 5.56 Å². The second-order valence-corrected chi connectivity index (χ2v) is 4.93. The molecule has 2 rings (SSSR count). The van der Waals surface area contributed by atoms with Crippen molar-refractivity contribution >= 4 is 0 Å². The Labute approximate surface area is 142 Å². The molecular formula is C21H35FO. The first-order chi connectivity index (χ1) is 11.2. The van der Waals surface area contributed by atoms with E-state index in [9.17, 15) is 4.39 Å². The van der Waals surface area contributed by atoms with Gasteiger partial charge in [-0.2, -0.15) is 0 Å². The molecular weight excluding hydrogens is 287 g/mol. The number of halogens is 1. The first kappa shape index (κ1) is 23.9. The summed E-state index contributed by atoms with van der Waals surface area (Å²) in [6.45, 7) is 11.4. The van der Waals surface area contributed by atoms with Gasteiger partial charge in [-0.3, -0.25) is 0 Å². The highest BCUT2D eigenvalue weighted by atomic mass is 19.1. The lowest BCUT2D eigenvalue weighted by atomic mass is 9.84. The van der Waals surface area contributed by atoms with Crippen LogP contribution >= 0.6 is 0 Å². The summed E-state index contributed by atoms with van der Waals surface area (Å²) < 4.78 is 13.4. The monoisotopic (exact) mass is 322 g/mol. The summed E-state index contributed by atoms with van der Waals surface area (Å²) in [6.07, 6.45) is 11.8. The van der Waals surface area contributed by atoms with Crippen molar-refractivity contribution in [2.24, 2.45) is 0 Å². The summed E-state index contributed by atoms with van der Waals surface area (Å²) in [5.74, 6) is 0.462. The van der Waals surface area contributed by atoms with Crippen molar-refractivity contribution in [3.63, 3.8) is 0 Å². The molecule has 23 heavy (non-hydrogen) atoms. The van der Waals surface area contributed by atoms with Gasteiger partial charge in [0, 0.05) is 6.61 Å². The zero-order valence-corrected chi connectivity index (χ0v) is 15.4. The van der Waals surface area contributed by atoms with E-state index in [-0.39, 0.29) is 12.4 Å². The summed E-state index contributed by atoms with van der Waals surface area (Å²) in [4.78, 5) is 0. The number of benzene rings is 1. The highest BCUT2D eigenvalue weighted by Crippen LogP contribution is 2.33. The molecule has 1 nitrogen and oxygen atoms in total. The summed E-state index contributed by atoms with van der Waals surface area (Å²) in [6, 6.07) is 7.21. The van der Waals surface area contributed by atoms with Gasteiger partial charge >= 0.3 is 0 Å². The Kier molecular flexibility index (Phi) is 19.3. The van der Waals surface area contributed by atoms with Crippen LogP contribution in [0.2, 0.25) is 0 Å². The number of hydrogen-bond donors (Lipinski definition) is 1. The molecule has 1 aromatic rings. The van der Waals surface area contributed by atoms with E-state index in [2.05, 4.69) is 6.58 Å². The van der Waals surface area contributed by atoms with Crippen LogP contribution in [-0.4, -0.2) is 11.7 Å². The molecule has 1 aromatic carbocycles. The minimum atomic E-state index is -0.0191. The zero-order chi connectivity index (χ0) is 17.9. The fourth-order valence-corrected chi connectivity index (χ4v) is 2.36. The summed E-state index contributed by atoms with van der Waals surface area (Å²) >= 11 is 0. The number of rotatable bonds is 2. The maximum absolute atomic E-state index is 13.4. The Morgan fingerprint density at radius 1 is 1.17 bits per heavy atom. The van der Waals surface area contributed by atoms with Crippen molar-refractivity contribution in [2.45, 2.75) is 65.7 Å². The highest BCUT2D eigenvalue weighted by Gasteiger charge is 2.17. The van der Waals surface area contributed by atoms with Gasteiger partial charge in [0.1, 0.15) is 5.82 Å². The summed E-state index contributed by atoms with van der Waals surface area (Å²) in [7, 11) is 0. The number of aliphatic hydroxyl groups is 1. The highest BCUT2D eigenvalue weighted by molar-refractivity contribution is 5.21. The molecule has 1 saturated carbocycles. The van der Waals surface area contributed by atoms with Crippen molar-refractivity contribution in [3.05, 3.63) is 60.5 Å². The second-order valence-electron chi connectivity index (χ2n) is 4.93. The van der Waals surface area contributed by atoms with Crippen molar-refractivity contribution in [1.82, 2.24) is 0 Å². The van der Waals surface area contributed by atoms with Gasteiger partial charge in [-0.25, -0.2) is 4.39 Å². The van der Waals surface area contributed by atoms with Crippen LogP contribution in [0.25, 0.3) is 0 Å². The van der Waals surface area contributed by atoms with Crippen LogP contribution in [0, 0.1) is 5.82 Å². The van der Waals surface area contributed by atoms with Crippen molar-refractivity contribution < 1.29 is 9.50 Å². The largest absolute Gasteiger partial charge is 0.397 e. The molecule has 0 radical (unpaired) electrons. The van der Waals surface area contributed by atoms with E-state index in [1.165, 1.54) is 32.1 Å². The molecule has 0 atom stereocenters. The van der Waals surface area contributed by atoms with Crippen LogP contribution in [0.4, 0.5) is 4.39 Å². The van der Waals surface area contributed by atoms with Gasteiger partial charge in [0.25, 0.3) is 0 Å². The van der Waals surface area contributed by atoms with Crippen LogP contribution in [0.5, 0.6) is 0 Å². The van der Waals surface area contributed by atoms with Gasteiger partial charge in [-0.05, 0) is 44.2 Å². The average Bonchev–Trinajstić information content (AvgIpc) is 2.60. The second kappa shape index (κ2) is 18.6. The third kappa shape index (κ3) is 12.8. The smallest absolute Gasteiger partial charge is 0.126 e. The Hall–Kier alpha value is -1.41. The molecule has 0 unspecified atom stereocenters. The van der Waals surface area contributed by atoms with Gasteiger partial charge in [0.05, 0.1) is 0 Å². The Morgan fingerprint density at radius 2 is 1.70 bits per heavy atom. The molecule has 1 fully saturated rings. The van der Waals surface area contributed by atoms with Crippen LogP contribution in [0.3, 0.4) is 0 Å². The first-order valence-electron chi connectivity index (χ1n) is 8.80. The SMILES string of the molecule is C=C/C=C\C.CC.CCO.Fc1ccccc1C1CCCCC1. The van der Waals surface area contributed by atoms with Crippen LogP contribution in [-0.2, 0) is 0 Å². The number of hydrogen-bond acceptors (Lipinski definition) is 1. The molecule has 0 heterocycles. The van der Waals surface area contributed by atoms with Crippen LogP contribution in [0.1, 0.15) is 71.3 Å². The Bertz CT molecular complexity index is 393. The minimum absolute atomic E-state index is 0.0191. The molecule has 0 saturated heterocycles. The van der Waals surface area contributed by atoms with E-state index in [4.69, 9.17) is 5.11 Å².